The van der Waals surface area contributed by atoms with Gasteiger partial charge in [-0.15, -0.1) is 36.2 Å². The molecule has 2 N–H and O–H groups in total. The van der Waals surface area contributed by atoms with Crippen LogP contribution in [0.3, 0.4) is 0 Å². The van der Waals surface area contributed by atoms with Crippen LogP contribution in [-0.2, 0) is 5.41 Å². The molecule has 2 rings (SSSR count). The van der Waals surface area contributed by atoms with Crippen molar-refractivity contribution in [3.05, 3.63) is 16.1 Å². The van der Waals surface area contributed by atoms with Gasteiger partial charge >= 0.3 is 0 Å². The summed E-state index contributed by atoms with van der Waals surface area (Å²) in [5.74, 6) is 0.102. The van der Waals surface area contributed by atoms with Crippen LogP contribution in [-0.4, -0.2) is 35.4 Å². The Kier molecular flexibility index (Phi) is 7.14. The summed E-state index contributed by atoms with van der Waals surface area (Å²) < 4.78 is 0. The van der Waals surface area contributed by atoms with E-state index in [4.69, 9.17) is 5.73 Å². The minimum atomic E-state index is -0.0000208. The predicted molar refractivity (Wildman–Crippen MR) is 93.0 cm³/mol. The lowest BCUT2D eigenvalue weighted by molar-refractivity contribution is 0.0781. The Bertz CT molecular complexity index is 487. The van der Waals surface area contributed by atoms with Crippen LogP contribution in [0, 0.1) is 5.41 Å². The Hall–Kier alpha value is -0.360. The molecule has 7 heteroatoms. The van der Waals surface area contributed by atoms with Crippen LogP contribution >= 0.6 is 36.2 Å². The molecule has 1 aromatic heterocycles. The first kappa shape index (κ1) is 20.6. The summed E-state index contributed by atoms with van der Waals surface area (Å²) in [6.07, 6.45) is 2.70. The molecule has 1 aliphatic heterocycles. The second-order valence-corrected chi connectivity index (χ2v) is 7.80. The highest BCUT2D eigenvalue weighted by Gasteiger charge is 2.36. The first-order valence-electron chi connectivity index (χ1n) is 6.71. The Balaban J connectivity index is 0.00000200. The summed E-state index contributed by atoms with van der Waals surface area (Å²) in [4.78, 5) is 19.5. The molecule has 4 nitrogen and oxygen atoms in total. The first-order chi connectivity index (χ1) is 8.75. The van der Waals surface area contributed by atoms with Gasteiger partial charge in [-0.05, 0) is 18.4 Å². The highest BCUT2D eigenvalue weighted by atomic mass is 35.5. The van der Waals surface area contributed by atoms with Gasteiger partial charge in [-0.2, -0.15) is 0 Å². The van der Waals surface area contributed by atoms with Crippen LogP contribution in [0.25, 0.3) is 0 Å². The minimum Gasteiger partial charge on any atom is -0.337 e. The lowest BCUT2D eigenvalue weighted by Gasteiger charge is -2.22. The second-order valence-electron chi connectivity index (χ2n) is 6.77. The average Bonchev–Trinajstić information content (AvgIpc) is 2.94. The molecule has 1 aromatic rings. The molecule has 1 amide bonds. The minimum absolute atomic E-state index is 0. The quantitative estimate of drug-likeness (QED) is 0.888. The summed E-state index contributed by atoms with van der Waals surface area (Å²) >= 11 is 1.51. The molecule has 1 saturated heterocycles. The molecule has 1 fully saturated rings. The van der Waals surface area contributed by atoms with Gasteiger partial charge < -0.3 is 10.6 Å². The van der Waals surface area contributed by atoms with Crippen molar-refractivity contribution in [2.24, 2.45) is 11.1 Å². The molecule has 1 aliphatic rings. The van der Waals surface area contributed by atoms with E-state index >= 15 is 0 Å². The van der Waals surface area contributed by atoms with E-state index in [1.165, 1.54) is 11.3 Å². The van der Waals surface area contributed by atoms with Crippen LogP contribution in [0.15, 0.2) is 6.20 Å². The number of aromatic nitrogens is 1. The van der Waals surface area contributed by atoms with E-state index in [1.807, 2.05) is 4.90 Å². The summed E-state index contributed by atoms with van der Waals surface area (Å²) in [5, 5.41) is 1.01. The Morgan fingerprint density at radius 1 is 1.48 bits per heavy atom. The molecule has 122 valence electrons. The third-order valence-electron chi connectivity index (χ3n) is 3.70. The molecule has 0 aliphatic carbocycles. The number of nitrogens with zero attached hydrogens (tertiary/aromatic N) is 2. The third kappa shape index (κ3) is 4.55. The van der Waals surface area contributed by atoms with Crippen molar-refractivity contribution in [3.8, 4) is 0 Å². The number of thiazole rings is 1. The molecular formula is C14H25Cl2N3OS. The monoisotopic (exact) mass is 353 g/mol. The smallest absolute Gasteiger partial charge is 0.265 e. The third-order valence-corrected chi connectivity index (χ3v) is 5.11. The van der Waals surface area contributed by atoms with Crippen molar-refractivity contribution in [2.75, 3.05) is 19.6 Å². The zero-order chi connectivity index (χ0) is 14.3. The van der Waals surface area contributed by atoms with E-state index < -0.39 is 0 Å². The lowest BCUT2D eigenvalue weighted by Crippen LogP contribution is -2.34. The zero-order valence-electron chi connectivity index (χ0n) is 13.0. The van der Waals surface area contributed by atoms with E-state index in [0.717, 1.165) is 29.4 Å². The molecule has 0 aromatic carbocycles. The highest BCUT2D eigenvalue weighted by molar-refractivity contribution is 7.13. The number of amides is 1. The second kappa shape index (κ2) is 7.27. The fourth-order valence-electron chi connectivity index (χ4n) is 2.24. The van der Waals surface area contributed by atoms with Gasteiger partial charge in [-0.1, -0.05) is 27.7 Å². The van der Waals surface area contributed by atoms with Crippen LogP contribution in [0.1, 0.15) is 48.8 Å². The number of hydrogen-bond acceptors (Lipinski definition) is 4. The molecule has 1 atom stereocenters. The van der Waals surface area contributed by atoms with Crippen LogP contribution in [0.5, 0.6) is 0 Å². The van der Waals surface area contributed by atoms with Gasteiger partial charge in [-0.3, -0.25) is 4.79 Å². The van der Waals surface area contributed by atoms with Gasteiger partial charge in [0.2, 0.25) is 0 Å². The summed E-state index contributed by atoms with van der Waals surface area (Å²) in [6.45, 7) is 10.7. The number of nitrogens with two attached hydrogens (primary N) is 1. The van der Waals surface area contributed by atoms with Gasteiger partial charge in [-0.25, -0.2) is 4.98 Å². The molecule has 0 spiro atoms. The fourth-order valence-corrected chi connectivity index (χ4v) is 3.18. The first-order valence-corrected chi connectivity index (χ1v) is 7.52. The van der Waals surface area contributed by atoms with Crippen LogP contribution < -0.4 is 5.73 Å². The number of rotatable bonds is 2. The standard InChI is InChI=1S/C14H23N3OS.2ClH/c1-13(2,3)12-16-7-10(19-12)11(18)17-6-5-14(4,8-15)9-17;;/h7H,5-6,8-9,15H2,1-4H3;2*1H. The number of halogens is 2. The largest absolute Gasteiger partial charge is 0.337 e. The van der Waals surface area contributed by atoms with Gasteiger partial charge in [0.25, 0.3) is 5.91 Å². The predicted octanol–water partition coefficient (Wildman–Crippen LogP) is 3.10. The van der Waals surface area contributed by atoms with Gasteiger partial charge in [0.1, 0.15) is 4.88 Å². The van der Waals surface area contributed by atoms with E-state index in [9.17, 15) is 4.79 Å². The van der Waals surface area contributed by atoms with E-state index in [0.29, 0.717) is 6.54 Å². The zero-order valence-corrected chi connectivity index (χ0v) is 15.5. The SMILES string of the molecule is CC1(CN)CCN(C(=O)c2cnc(C(C)(C)C)s2)C1.Cl.Cl. The van der Waals surface area contributed by atoms with Crippen molar-refractivity contribution >= 4 is 42.1 Å². The van der Waals surface area contributed by atoms with Crippen molar-refractivity contribution in [3.63, 3.8) is 0 Å². The topological polar surface area (TPSA) is 59.2 Å². The van der Waals surface area contributed by atoms with Crippen LogP contribution in [0.4, 0.5) is 0 Å². The maximum absolute atomic E-state index is 12.4. The molecule has 2 heterocycles. The Morgan fingerprint density at radius 3 is 2.52 bits per heavy atom. The molecular weight excluding hydrogens is 329 g/mol. The fraction of sp³-hybridized carbons (Fsp3) is 0.714. The lowest BCUT2D eigenvalue weighted by atomic mass is 9.90. The maximum Gasteiger partial charge on any atom is 0.265 e. The average molecular weight is 354 g/mol. The van der Waals surface area contributed by atoms with Gasteiger partial charge in [0.15, 0.2) is 0 Å². The van der Waals surface area contributed by atoms with Crippen molar-refractivity contribution in [1.82, 2.24) is 9.88 Å². The number of carbonyl (C=O) groups is 1. The van der Waals surface area contributed by atoms with E-state index in [1.54, 1.807) is 6.20 Å². The van der Waals surface area contributed by atoms with E-state index in [2.05, 4.69) is 32.7 Å². The molecule has 1 unspecified atom stereocenters. The molecule has 0 saturated carbocycles. The number of carbonyl (C=O) groups excluding carboxylic acids is 1. The Morgan fingerprint density at radius 2 is 2.10 bits per heavy atom. The van der Waals surface area contributed by atoms with Crippen molar-refractivity contribution in [1.29, 1.82) is 0 Å². The summed E-state index contributed by atoms with van der Waals surface area (Å²) in [5.41, 5.74) is 5.86. The van der Waals surface area contributed by atoms with Gasteiger partial charge in [0.05, 0.1) is 11.2 Å². The summed E-state index contributed by atoms with van der Waals surface area (Å²) in [6, 6.07) is 0. The molecule has 0 radical (unpaired) electrons. The molecule has 0 bridgehead atoms. The van der Waals surface area contributed by atoms with Gasteiger partial charge in [0, 0.05) is 18.5 Å². The molecule has 21 heavy (non-hydrogen) atoms. The number of likely N-dealkylation sites (tertiary alicyclic amines) is 1. The number of hydrogen-bond donors (Lipinski definition) is 1. The van der Waals surface area contributed by atoms with Crippen LogP contribution in [0.2, 0.25) is 0 Å². The van der Waals surface area contributed by atoms with Crippen molar-refractivity contribution < 1.29 is 4.79 Å². The van der Waals surface area contributed by atoms with E-state index in [-0.39, 0.29) is 41.6 Å². The summed E-state index contributed by atoms with van der Waals surface area (Å²) in [7, 11) is 0. The van der Waals surface area contributed by atoms with Crippen molar-refractivity contribution in [2.45, 2.75) is 39.5 Å². The highest BCUT2D eigenvalue weighted by Crippen LogP contribution is 2.32. The maximum atomic E-state index is 12.4. The Labute approximate surface area is 143 Å². The normalized spacial score (nSPS) is 21.7.